The van der Waals surface area contributed by atoms with Gasteiger partial charge >= 0.3 is 0 Å². The van der Waals surface area contributed by atoms with Crippen LogP contribution in [0.1, 0.15) is 51.0 Å². The summed E-state index contributed by atoms with van der Waals surface area (Å²) in [5.41, 5.74) is 1.08. The summed E-state index contributed by atoms with van der Waals surface area (Å²) in [6, 6.07) is 10.1. The van der Waals surface area contributed by atoms with Gasteiger partial charge in [0, 0.05) is 19.0 Å². The zero-order chi connectivity index (χ0) is 14.5. The van der Waals surface area contributed by atoms with Gasteiger partial charge in [-0.25, -0.2) is 0 Å². The maximum absolute atomic E-state index is 12.8. The summed E-state index contributed by atoms with van der Waals surface area (Å²) in [5, 5.41) is 0. The van der Waals surface area contributed by atoms with Gasteiger partial charge in [-0.15, -0.1) is 0 Å². The lowest BCUT2D eigenvalue weighted by atomic mass is 9.94. The summed E-state index contributed by atoms with van der Waals surface area (Å²) in [4.78, 5) is 26.1. The highest BCUT2D eigenvalue weighted by Gasteiger charge is 2.33. The molecular formula is C17H23NO2. The molecule has 1 heterocycles. The Morgan fingerprint density at radius 2 is 2.00 bits per heavy atom. The molecule has 0 aromatic heterocycles. The molecule has 1 amide bonds. The fraction of sp³-hybridized carbons (Fsp3) is 0.529. The molecule has 2 unspecified atom stereocenters. The monoisotopic (exact) mass is 273 g/mol. The molecule has 2 rings (SSSR count). The first-order valence-electron chi connectivity index (χ1n) is 7.48. The molecule has 0 N–H and O–H groups in total. The Labute approximate surface area is 121 Å². The van der Waals surface area contributed by atoms with Crippen molar-refractivity contribution < 1.29 is 9.59 Å². The first-order chi connectivity index (χ1) is 9.63. The standard InChI is InChI=1S/C17H23NO2/c1-3-16(14-8-5-4-6-9-14)17(20)18-11-7-10-15(18)12-13(2)19/h4-6,8-9,15-16H,3,7,10-12H2,1-2H3. The van der Waals surface area contributed by atoms with E-state index in [0.717, 1.165) is 31.4 Å². The van der Waals surface area contributed by atoms with Gasteiger partial charge in [0.15, 0.2) is 0 Å². The van der Waals surface area contributed by atoms with Crippen LogP contribution in [0.3, 0.4) is 0 Å². The summed E-state index contributed by atoms with van der Waals surface area (Å²) in [6.07, 6.45) is 3.26. The molecule has 108 valence electrons. The Balaban J connectivity index is 2.14. The maximum atomic E-state index is 12.8. The van der Waals surface area contributed by atoms with Crippen LogP contribution in [0.25, 0.3) is 0 Å². The normalized spacial score (nSPS) is 19.9. The van der Waals surface area contributed by atoms with Gasteiger partial charge in [0.2, 0.25) is 5.91 Å². The highest BCUT2D eigenvalue weighted by molar-refractivity contribution is 5.85. The molecule has 3 heteroatoms. The summed E-state index contributed by atoms with van der Waals surface area (Å²) in [7, 11) is 0. The first-order valence-corrected chi connectivity index (χ1v) is 7.48. The zero-order valence-corrected chi connectivity index (χ0v) is 12.3. The molecule has 3 nitrogen and oxygen atoms in total. The smallest absolute Gasteiger partial charge is 0.230 e. The summed E-state index contributed by atoms with van der Waals surface area (Å²) in [6.45, 7) is 4.45. The van der Waals surface area contributed by atoms with E-state index in [2.05, 4.69) is 0 Å². The molecule has 1 aromatic carbocycles. The number of hydrogen-bond acceptors (Lipinski definition) is 2. The highest BCUT2D eigenvalue weighted by atomic mass is 16.2. The second-order valence-electron chi connectivity index (χ2n) is 5.61. The molecule has 0 spiro atoms. The second kappa shape index (κ2) is 6.69. The third-order valence-electron chi connectivity index (χ3n) is 4.09. The van der Waals surface area contributed by atoms with Gasteiger partial charge in [0.1, 0.15) is 5.78 Å². The van der Waals surface area contributed by atoms with Crippen molar-refractivity contribution >= 4 is 11.7 Å². The van der Waals surface area contributed by atoms with Crippen LogP contribution in [0.15, 0.2) is 30.3 Å². The average Bonchev–Trinajstić information content (AvgIpc) is 2.88. The van der Waals surface area contributed by atoms with Gasteiger partial charge in [0.25, 0.3) is 0 Å². The SMILES string of the molecule is CCC(C(=O)N1CCCC1CC(C)=O)c1ccccc1. The van der Waals surface area contributed by atoms with Gasteiger partial charge in [-0.3, -0.25) is 9.59 Å². The molecule has 20 heavy (non-hydrogen) atoms. The highest BCUT2D eigenvalue weighted by Crippen LogP contribution is 2.28. The van der Waals surface area contributed by atoms with Crippen LogP contribution in [0, 0.1) is 0 Å². The Kier molecular flexibility index (Phi) is 4.94. The van der Waals surface area contributed by atoms with E-state index in [-0.39, 0.29) is 23.7 Å². The van der Waals surface area contributed by atoms with Crippen LogP contribution in [-0.4, -0.2) is 29.2 Å². The Morgan fingerprint density at radius 1 is 1.30 bits per heavy atom. The number of nitrogens with zero attached hydrogens (tertiary/aromatic N) is 1. The topological polar surface area (TPSA) is 37.4 Å². The Morgan fingerprint density at radius 3 is 2.60 bits per heavy atom. The third-order valence-corrected chi connectivity index (χ3v) is 4.09. The number of ketones is 1. The van der Waals surface area contributed by atoms with E-state index < -0.39 is 0 Å². The number of Topliss-reactive ketones (excluding diaryl/α,β-unsaturated/α-hetero) is 1. The molecule has 1 saturated heterocycles. The summed E-state index contributed by atoms with van der Waals surface area (Å²) >= 11 is 0. The van der Waals surface area contributed by atoms with Crippen molar-refractivity contribution in [1.29, 1.82) is 0 Å². The fourth-order valence-corrected chi connectivity index (χ4v) is 3.11. The molecule has 0 radical (unpaired) electrons. The van der Waals surface area contributed by atoms with Crippen molar-refractivity contribution in [3.8, 4) is 0 Å². The predicted molar refractivity (Wildman–Crippen MR) is 79.5 cm³/mol. The van der Waals surface area contributed by atoms with E-state index in [1.807, 2.05) is 42.2 Å². The number of likely N-dealkylation sites (tertiary alicyclic amines) is 1. The lowest BCUT2D eigenvalue weighted by Crippen LogP contribution is -2.39. The van der Waals surface area contributed by atoms with E-state index in [0.29, 0.717) is 6.42 Å². The molecular weight excluding hydrogens is 250 g/mol. The molecule has 1 fully saturated rings. The van der Waals surface area contributed by atoms with Crippen LogP contribution in [-0.2, 0) is 9.59 Å². The predicted octanol–water partition coefficient (Wildman–Crippen LogP) is 3.15. The zero-order valence-electron chi connectivity index (χ0n) is 12.3. The van der Waals surface area contributed by atoms with Crippen molar-refractivity contribution in [3.63, 3.8) is 0 Å². The molecule has 2 atom stereocenters. The van der Waals surface area contributed by atoms with Crippen molar-refractivity contribution in [1.82, 2.24) is 4.90 Å². The van der Waals surface area contributed by atoms with E-state index in [4.69, 9.17) is 0 Å². The molecule has 0 aliphatic carbocycles. The minimum atomic E-state index is -0.0799. The molecule has 1 aromatic rings. The molecule has 1 aliphatic rings. The quantitative estimate of drug-likeness (QED) is 0.826. The number of carbonyl (C=O) groups is 2. The van der Waals surface area contributed by atoms with Crippen LogP contribution in [0.2, 0.25) is 0 Å². The van der Waals surface area contributed by atoms with Crippen molar-refractivity contribution in [2.75, 3.05) is 6.54 Å². The van der Waals surface area contributed by atoms with Crippen LogP contribution in [0.4, 0.5) is 0 Å². The van der Waals surface area contributed by atoms with Gasteiger partial charge in [0.05, 0.1) is 5.92 Å². The Bertz CT molecular complexity index is 469. The fourth-order valence-electron chi connectivity index (χ4n) is 3.11. The lowest BCUT2D eigenvalue weighted by Gasteiger charge is -2.28. The van der Waals surface area contributed by atoms with E-state index in [1.165, 1.54) is 0 Å². The number of hydrogen-bond donors (Lipinski definition) is 0. The molecule has 0 saturated carbocycles. The van der Waals surface area contributed by atoms with Crippen molar-refractivity contribution in [2.24, 2.45) is 0 Å². The van der Waals surface area contributed by atoms with Gasteiger partial charge in [-0.05, 0) is 31.7 Å². The van der Waals surface area contributed by atoms with E-state index >= 15 is 0 Å². The third kappa shape index (κ3) is 3.27. The van der Waals surface area contributed by atoms with Crippen molar-refractivity contribution in [3.05, 3.63) is 35.9 Å². The lowest BCUT2D eigenvalue weighted by molar-refractivity contribution is -0.134. The summed E-state index contributed by atoms with van der Waals surface area (Å²) in [5.74, 6) is 0.272. The Hall–Kier alpha value is -1.64. The first kappa shape index (κ1) is 14.8. The second-order valence-corrected chi connectivity index (χ2v) is 5.61. The number of amides is 1. The average molecular weight is 273 g/mol. The van der Waals surface area contributed by atoms with Crippen molar-refractivity contribution in [2.45, 2.75) is 51.5 Å². The van der Waals surface area contributed by atoms with Gasteiger partial charge in [-0.1, -0.05) is 37.3 Å². The van der Waals surface area contributed by atoms with E-state index in [9.17, 15) is 9.59 Å². The number of benzene rings is 1. The van der Waals surface area contributed by atoms with Gasteiger partial charge < -0.3 is 4.90 Å². The largest absolute Gasteiger partial charge is 0.339 e. The van der Waals surface area contributed by atoms with Crippen LogP contribution in [0.5, 0.6) is 0 Å². The minimum Gasteiger partial charge on any atom is -0.339 e. The summed E-state index contributed by atoms with van der Waals surface area (Å²) < 4.78 is 0. The minimum absolute atomic E-state index is 0.0799. The van der Waals surface area contributed by atoms with Crippen LogP contribution >= 0.6 is 0 Å². The maximum Gasteiger partial charge on any atom is 0.230 e. The van der Waals surface area contributed by atoms with E-state index in [1.54, 1.807) is 6.92 Å². The molecule has 0 bridgehead atoms. The van der Waals surface area contributed by atoms with Crippen LogP contribution < -0.4 is 0 Å². The van der Waals surface area contributed by atoms with Gasteiger partial charge in [-0.2, -0.15) is 0 Å². The number of rotatable bonds is 5. The molecule has 1 aliphatic heterocycles. The number of carbonyl (C=O) groups excluding carboxylic acids is 2.